The summed E-state index contributed by atoms with van der Waals surface area (Å²) in [5.41, 5.74) is 1.71. The Labute approximate surface area is 140 Å². The lowest BCUT2D eigenvalue weighted by molar-refractivity contribution is -0.140. The summed E-state index contributed by atoms with van der Waals surface area (Å²) in [4.78, 5) is 5.67. The summed E-state index contributed by atoms with van der Waals surface area (Å²) < 4.78 is 44.2. The number of halogens is 3. The van der Waals surface area contributed by atoms with E-state index in [1.807, 2.05) is 12.1 Å². The second kappa shape index (κ2) is 5.82. The molecule has 126 valence electrons. The third kappa shape index (κ3) is 2.78. The Balaban J connectivity index is 1.74. The molecule has 0 unspecified atom stereocenters. The number of morpholine rings is 1. The zero-order chi connectivity index (χ0) is 16.7. The molecule has 0 radical (unpaired) electrons. The number of nitrogens with one attached hydrogen (secondary N) is 1. The monoisotopic (exact) mass is 352 g/mol. The molecule has 1 N–H and O–H groups in total. The van der Waals surface area contributed by atoms with E-state index in [0.717, 1.165) is 29.2 Å². The van der Waals surface area contributed by atoms with Gasteiger partial charge in [-0.2, -0.15) is 13.2 Å². The molecule has 3 heterocycles. The Morgan fingerprint density at radius 2 is 1.92 bits per heavy atom. The molecule has 0 atom stereocenters. The number of thiophene rings is 1. The fraction of sp³-hybridized carbons (Fsp3) is 0.294. The van der Waals surface area contributed by atoms with Gasteiger partial charge >= 0.3 is 6.18 Å². The number of aromatic amines is 1. The topological polar surface area (TPSA) is 28.3 Å². The lowest BCUT2D eigenvalue weighted by Crippen LogP contribution is -2.35. The summed E-state index contributed by atoms with van der Waals surface area (Å²) in [6, 6.07) is 8.56. The van der Waals surface area contributed by atoms with Gasteiger partial charge in [0, 0.05) is 45.5 Å². The van der Waals surface area contributed by atoms with Gasteiger partial charge in [-0.05, 0) is 18.2 Å². The number of ether oxygens (including phenoxy) is 1. The fourth-order valence-electron chi connectivity index (χ4n) is 2.98. The summed E-state index contributed by atoms with van der Waals surface area (Å²) in [5.74, 6) is 0. The highest BCUT2D eigenvalue weighted by atomic mass is 32.1. The minimum absolute atomic E-state index is 0.501. The maximum atomic E-state index is 13.0. The average Bonchev–Trinajstić information content (AvgIpc) is 3.22. The highest BCUT2D eigenvalue weighted by molar-refractivity contribution is 7.14. The lowest BCUT2D eigenvalue weighted by atomic mass is 10.1. The Hall–Kier alpha value is -1.99. The van der Waals surface area contributed by atoms with Crippen LogP contribution in [0.1, 0.15) is 5.69 Å². The van der Waals surface area contributed by atoms with Crippen LogP contribution in [0.15, 0.2) is 35.7 Å². The number of fused-ring (bicyclic) bond motifs is 1. The Morgan fingerprint density at radius 3 is 2.67 bits per heavy atom. The van der Waals surface area contributed by atoms with Crippen molar-refractivity contribution < 1.29 is 17.9 Å². The van der Waals surface area contributed by atoms with Crippen molar-refractivity contribution in [2.75, 3.05) is 31.2 Å². The highest BCUT2D eigenvalue weighted by Gasteiger charge is 2.32. The van der Waals surface area contributed by atoms with Gasteiger partial charge in [0.25, 0.3) is 0 Å². The van der Waals surface area contributed by atoms with Crippen molar-refractivity contribution in [3.05, 3.63) is 41.4 Å². The van der Waals surface area contributed by atoms with Crippen molar-refractivity contribution in [3.8, 4) is 10.4 Å². The van der Waals surface area contributed by atoms with Crippen LogP contribution in [0.4, 0.5) is 18.9 Å². The van der Waals surface area contributed by atoms with Gasteiger partial charge in [0.1, 0.15) is 5.69 Å². The van der Waals surface area contributed by atoms with Crippen molar-refractivity contribution >= 4 is 27.9 Å². The Kier molecular flexibility index (Phi) is 3.77. The summed E-state index contributed by atoms with van der Waals surface area (Å²) in [6.45, 7) is 3.08. The predicted octanol–water partition coefficient (Wildman–Crippen LogP) is 4.75. The van der Waals surface area contributed by atoms with Crippen molar-refractivity contribution in [1.29, 1.82) is 0 Å². The van der Waals surface area contributed by atoms with Crippen molar-refractivity contribution in [2.24, 2.45) is 0 Å². The molecule has 1 aliphatic heterocycles. The average molecular weight is 352 g/mol. The summed E-state index contributed by atoms with van der Waals surface area (Å²) in [6.07, 6.45) is -4.37. The van der Waals surface area contributed by atoms with Gasteiger partial charge in [-0.25, -0.2) is 0 Å². The quantitative estimate of drug-likeness (QED) is 0.721. The molecule has 3 nitrogen and oxygen atoms in total. The molecule has 2 aromatic heterocycles. The van der Waals surface area contributed by atoms with E-state index in [4.69, 9.17) is 4.74 Å². The van der Waals surface area contributed by atoms with Crippen LogP contribution in [0, 0.1) is 0 Å². The molecule has 0 amide bonds. The predicted molar refractivity (Wildman–Crippen MR) is 89.6 cm³/mol. The molecule has 7 heteroatoms. The van der Waals surface area contributed by atoms with Crippen LogP contribution in [0.2, 0.25) is 0 Å². The first-order chi connectivity index (χ1) is 11.5. The number of nitrogens with zero attached hydrogens (tertiary/aromatic N) is 1. The van der Waals surface area contributed by atoms with E-state index < -0.39 is 11.9 Å². The van der Waals surface area contributed by atoms with Crippen LogP contribution in [0.3, 0.4) is 0 Å². The summed E-state index contributed by atoms with van der Waals surface area (Å²) >= 11 is 1.55. The summed E-state index contributed by atoms with van der Waals surface area (Å²) in [7, 11) is 0. The fourth-order valence-corrected chi connectivity index (χ4v) is 3.94. The zero-order valence-electron chi connectivity index (χ0n) is 12.7. The molecular formula is C17H15F3N2OS. The van der Waals surface area contributed by atoms with Crippen molar-refractivity contribution in [2.45, 2.75) is 6.18 Å². The number of rotatable bonds is 2. The van der Waals surface area contributed by atoms with Crippen LogP contribution in [-0.2, 0) is 10.9 Å². The largest absolute Gasteiger partial charge is 0.431 e. The molecule has 1 saturated heterocycles. The van der Waals surface area contributed by atoms with E-state index in [9.17, 15) is 13.2 Å². The first-order valence-corrected chi connectivity index (χ1v) is 8.51. The minimum atomic E-state index is -4.37. The molecule has 1 fully saturated rings. The Morgan fingerprint density at radius 1 is 1.12 bits per heavy atom. The number of anilines is 1. The third-order valence-corrected chi connectivity index (χ3v) is 5.15. The van der Waals surface area contributed by atoms with Gasteiger partial charge in [0.15, 0.2) is 0 Å². The maximum Gasteiger partial charge on any atom is 0.431 e. The van der Waals surface area contributed by atoms with Gasteiger partial charge in [0.2, 0.25) is 0 Å². The molecule has 4 rings (SSSR count). The smallest absolute Gasteiger partial charge is 0.378 e. The van der Waals surface area contributed by atoms with Gasteiger partial charge in [-0.15, -0.1) is 11.3 Å². The maximum absolute atomic E-state index is 13.0. The van der Waals surface area contributed by atoms with Gasteiger partial charge in [-0.1, -0.05) is 12.1 Å². The first kappa shape index (κ1) is 15.5. The number of hydrogen-bond acceptors (Lipinski definition) is 3. The molecule has 0 bridgehead atoms. The van der Waals surface area contributed by atoms with E-state index in [2.05, 4.69) is 15.3 Å². The molecule has 1 aromatic carbocycles. The van der Waals surface area contributed by atoms with Gasteiger partial charge in [-0.3, -0.25) is 0 Å². The molecule has 0 spiro atoms. The van der Waals surface area contributed by atoms with Crippen LogP contribution in [-0.4, -0.2) is 31.3 Å². The van der Waals surface area contributed by atoms with E-state index in [1.165, 1.54) is 6.07 Å². The minimum Gasteiger partial charge on any atom is -0.378 e. The summed E-state index contributed by atoms with van der Waals surface area (Å²) in [5, 5.41) is 2.65. The van der Waals surface area contributed by atoms with E-state index in [0.29, 0.717) is 24.1 Å². The lowest BCUT2D eigenvalue weighted by Gasteiger charge is -2.27. The third-order valence-electron chi connectivity index (χ3n) is 4.20. The number of aromatic nitrogens is 1. The first-order valence-electron chi connectivity index (χ1n) is 7.63. The Bertz CT molecular complexity index is 862. The van der Waals surface area contributed by atoms with Gasteiger partial charge in [0.05, 0.1) is 13.2 Å². The molecule has 3 aromatic rings. The molecule has 1 aliphatic rings. The van der Waals surface area contributed by atoms with Gasteiger partial charge < -0.3 is 14.6 Å². The van der Waals surface area contributed by atoms with E-state index in [1.54, 1.807) is 23.5 Å². The molecule has 24 heavy (non-hydrogen) atoms. The number of benzene rings is 1. The second-order valence-electron chi connectivity index (χ2n) is 5.72. The number of alkyl halides is 3. The number of hydrogen-bond donors (Lipinski definition) is 1. The second-order valence-corrected chi connectivity index (χ2v) is 6.63. The van der Waals surface area contributed by atoms with Crippen LogP contribution >= 0.6 is 11.3 Å². The standard InChI is InChI=1S/C17H15F3N2OS/c18-17(19,20)16-9-13-12(2-1-3-14(13)21-16)15-8-11(10-24-15)22-4-6-23-7-5-22/h1-3,8-10,21H,4-7H2. The van der Waals surface area contributed by atoms with Crippen LogP contribution < -0.4 is 4.90 Å². The molecule has 0 saturated carbocycles. The van der Waals surface area contributed by atoms with Crippen molar-refractivity contribution in [1.82, 2.24) is 4.98 Å². The number of H-pyrrole nitrogens is 1. The van der Waals surface area contributed by atoms with E-state index >= 15 is 0 Å². The SMILES string of the molecule is FC(F)(F)c1cc2c(-c3cc(N4CCOCC4)cs3)cccc2[nH]1. The molecule has 0 aliphatic carbocycles. The molecular weight excluding hydrogens is 337 g/mol. The van der Waals surface area contributed by atoms with Crippen molar-refractivity contribution in [3.63, 3.8) is 0 Å². The van der Waals surface area contributed by atoms with Crippen LogP contribution in [0.5, 0.6) is 0 Å². The van der Waals surface area contributed by atoms with E-state index in [-0.39, 0.29) is 0 Å². The highest BCUT2D eigenvalue weighted by Crippen LogP contribution is 2.38. The van der Waals surface area contributed by atoms with Crippen LogP contribution in [0.25, 0.3) is 21.3 Å². The zero-order valence-corrected chi connectivity index (χ0v) is 13.5. The normalized spacial score (nSPS) is 16.0.